The summed E-state index contributed by atoms with van der Waals surface area (Å²) in [5.41, 5.74) is 2.60. The van der Waals surface area contributed by atoms with E-state index in [9.17, 15) is 0 Å². The molecule has 1 aliphatic carbocycles. The second-order valence-electron chi connectivity index (χ2n) is 8.49. The smallest absolute Gasteiger partial charge is 0.104 e. The Morgan fingerprint density at radius 3 is 2.47 bits per heavy atom. The van der Waals surface area contributed by atoms with E-state index in [1.165, 1.54) is 42.4 Å². The van der Waals surface area contributed by atoms with E-state index in [1.807, 2.05) is 0 Å². The van der Waals surface area contributed by atoms with E-state index in [1.54, 1.807) is 0 Å². The van der Waals surface area contributed by atoms with Crippen molar-refractivity contribution in [1.82, 2.24) is 0 Å². The lowest BCUT2D eigenvalue weighted by atomic mass is 9.65. The molecule has 2 fully saturated rings. The molecule has 0 radical (unpaired) electrons. The predicted molar refractivity (Wildman–Crippen MR) is 80.7 cm³/mol. The van der Waals surface area contributed by atoms with Crippen LogP contribution in [0.25, 0.3) is 0 Å². The topological polar surface area (TPSA) is 0 Å². The second-order valence-corrected chi connectivity index (χ2v) is 8.49. The maximum absolute atomic E-state index is 2.52. The monoisotopic (exact) mass is 258 g/mol. The lowest BCUT2D eigenvalue weighted by Gasteiger charge is -2.40. The molecule has 1 aromatic rings. The van der Waals surface area contributed by atoms with Gasteiger partial charge in [-0.05, 0) is 11.8 Å². The third-order valence-corrected chi connectivity index (χ3v) is 5.43. The molecule has 0 aromatic heterocycles. The normalized spacial score (nSPS) is 40.3. The van der Waals surface area contributed by atoms with Crippen molar-refractivity contribution in [3.8, 4) is 0 Å². The van der Waals surface area contributed by atoms with Crippen LogP contribution >= 0.6 is 0 Å². The fraction of sp³-hybridized carbons (Fsp3) is 0.667. The van der Waals surface area contributed by atoms with Crippen LogP contribution < -0.4 is 0 Å². The van der Waals surface area contributed by atoms with Gasteiger partial charge < -0.3 is 4.48 Å². The van der Waals surface area contributed by atoms with Crippen molar-refractivity contribution in [3.63, 3.8) is 0 Å². The molecule has 0 amide bonds. The first-order chi connectivity index (χ1) is 8.80. The molecule has 1 heteroatoms. The third kappa shape index (κ3) is 2.45. The Balaban J connectivity index is 1.86. The van der Waals surface area contributed by atoms with E-state index in [2.05, 4.69) is 58.2 Å². The van der Waals surface area contributed by atoms with Crippen LogP contribution in [0.5, 0.6) is 0 Å². The van der Waals surface area contributed by atoms with E-state index in [0.717, 1.165) is 6.04 Å². The molecule has 0 spiro atoms. The molecule has 3 unspecified atom stereocenters. The molecule has 19 heavy (non-hydrogen) atoms. The molecule has 3 rings (SSSR count). The van der Waals surface area contributed by atoms with E-state index >= 15 is 0 Å². The van der Waals surface area contributed by atoms with Gasteiger partial charge in [0.2, 0.25) is 0 Å². The van der Waals surface area contributed by atoms with Crippen LogP contribution in [0.1, 0.15) is 45.6 Å². The summed E-state index contributed by atoms with van der Waals surface area (Å²) in [6.07, 6.45) is 4.23. The first-order valence-corrected chi connectivity index (χ1v) is 7.69. The molecule has 104 valence electrons. The van der Waals surface area contributed by atoms with Crippen molar-refractivity contribution in [2.24, 2.45) is 10.8 Å². The average molecular weight is 258 g/mol. The van der Waals surface area contributed by atoms with Crippen LogP contribution in [0.2, 0.25) is 0 Å². The van der Waals surface area contributed by atoms with Gasteiger partial charge in [0.15, 0.2) is 0 Å². The van der Waals surface area contributed by atoms with Crippen molar-refractivity contribution in [2.45, 2.75) is 52.6 Å². The molecule has 1 heterocycles. The van der Waals surface area contributed by atoms with Gasteiger partial charge in [0.25, 0.3) is 0 Å². The van der Waals surface area contributed by atoms with Crippen molar-refractivity contribution >= 4 is 0 Å². The van der Waals surface area contributed by atoms with Gasteiger partial charge >= 0.3 is 0 Å². The van der Waals surface area contributed by atoms with Gasteiger partial charge in [0.1, 0.15) is 6.54 Å². The first-order valence-electron chi connectivity index (χ1n) is 7.69. The van der Waals surface area contributed by atoms with Crippen LogP contribution in [-0.4, -0.2) is 24.1 Å². The van der Waals surface area contributed by atoms with Crippen LogP contribution in [0.4, 0.5) is 0 Å². The first kappa shape index (κ1) is 13.2. The van der Waals surface area contributed by atoms with Crippen LogP contribution in [0.3, 0.4) is 0 Å². The lowest BCUT2D eigenvalue weighted by Crippen LogP contribution is -2.48. The summed E-state index contributed by atoms with van der Waals surface area (Å²) in [5, 5.41) is 0. The minimum atomic E-state index is 0.532. The number of hydrogen-bond acceptors (Lipinski definition) is 0. The fourth-order valence-electron chi connectivity index (χ4n) is 5.33. The van der Waals surface area contributed by atoms with Crippen LogP contribution in [0.15, 0.2) is 30.3 Å². The van der Waals surface area contributed by atoms with Gasteiger partial charge in [-0.2, -0.15) is 0 Å². The summed E-state index contributed by atoms with van der Waals surface area (Å²) in [6, 6.07) is 11.9. The maximum atomic E-state index is 2.52. The van der Waals surface area contributed by atoms with Crippen molar-refractivity contribution in [2.75, 3.05) is 13.6 Å². The third-order valence-electron chi connectivity index (χ3n) is 5.43. The molecule has 2 aliphatic rings. The zero-order valence-corrected chi connectivity index (χ0v) is 12.9. The van der Waals surface area contributed by atoms with Gasteiger partial charge in [-0.25, -0.2) is 0 Å². The highest BCUT2D eigenvalue weighted by molar-refractivity contribution is 5.14. The van der Waals surface area contributed by atoms with Crippen molar-refractivity contribution < 1.29 is 4.48 Å². The van der Waals surface area contributed by atoms with Crippen molar-refractivity contribution in [1.29, 1.82) is 0 Å². The molecule has 3 atom stereocenters. The summed E-state index contributed by atoms with van der Waals surface area (Å²) in [6.45, 7) is 10.0. The Morgan fingerprint density at radius 1 is 1.11 bits per heavy atom. The quantitative estimate of drug-likeness (QED) is 0.696. The highest BCUT2D eigenvalue weighted by Gasteiger charge is 2.56. The van der Waals surface area contributed by atoms with Crippen LogP contribution in [0, 0.1) is 10.8 Å². The SMILES string of the molecule is CC1(C)CC2CC(C)(C1)C[N+]2(C)Cc1ccccc1. The van der Waals surface area contributed by atoms with Gasteiger partial charge in [0, 0.05) is 23.8 Å². The molecule has 1 aromatic carbocycles. The Hall–Kier alpha value is -0.820. The standard InChI is InChI=1S/C18H28N/c1-17(2)10-16-11-18(3,13-17)14-19(16,4)12-15-8-6-5-7-9-15/h5-9,16H,10-14H2,1-4H3/q+1. The molecular formula is C18H28N+. The van der Waals surface area contributed by atoms with Gasteiger partial charge in [-0.3, -0.25) is 0 Å². The number of rotatable bonds is 2. The predicted octanol–water partition coefficient (Wildman–Crippen LogP) is 4.23. The number of hydrogen-bond donors (Lipinski definition) is 0. The second kappa shape index (κ2) is 4.09. The Labute approximate surface area is 118 Å². The number of quaternary nitrogens is 1. The molecule has 1 nitrogen and oxygen atoms in total. The summed E-state index contributed by atoms with van der Waals surface area (Å²) in [5.74, 6) is 0. The lowest BCUT2D eigenvalue weighted by molar-refractivity contribution is -0.936. The van der Waals surface area contributed by atoms with Crippen LogP contribution in [-0.2, 0) is 6.54 Å². The van der Waals surface area contributed by atoms with E-state index < -0.39 is 0 Å². The molecule has 2 bridgehead atoms. The number of likely N-dealkylation sites (tertiary alicyclic amines) is 1. The maximum Gasteiger partial charge on any atom is 0.104 e. The molecular weight excluding hydrogens is 230 g/mol. The molecule has 1 saturated carbocycles. The number of nitrogens with zero attached hydrogens (tertiary/aromatic N) is 1. The fourth-order valence-corrected chi connectivity index (χ4v) is 5.33. The summed E-state index contributed by atoms with van der Waals surface area (Å²) in [7, 11) is 2.49. The van der Waals surface area contributed by atoms with Crippen molar-refractivity contribution in [3.05, 3.63) is 35.9 Å². The summed E-state index contributed by atoms with van der Waals surface area (Å²) in [4.78, 5) is 0. The summed E-state index contributed by atoms with van der Waals surface area (Å²) >= 11 is 0. The van der Waals surface area contributed by atoms with Gasteiger partial charge in [0.05, 0.1) is 19.6 Å². The number of benzene rings is 1. The minimum Gasteiger partial charge on any atom is -0.319 e. The molecule has 1 saturated heterocycles. The van der Waals surface area contributed by atoms with E-state index in [4.69, 9.17) is 0 Å². The molecule has 1 aliphatic heterocycles. The highest BCUT2D eigenvalue weighted by Crippen LogP contribution is 2.55. The summed E-state index contributed by atoms with van der Waals surface area (Å²) < 4.78 is 1.25. The Kier molecular flexibility index (Phi) is 2.83. The van der Waals surface area contributed by atoms with Gasteiger partial charge in [-0.1, -0.05) is 51.1 Å². The zero-order valence-electron chi connectivity index (χ0n) is 12.9. The highest BCUT2D eigenvalue weighted by atomic mass is 15.4. The molecule has 0 N–H and O–H groups in total. The average Bonchev–Trinajstić information content (AvgIpc) is 2.44. The Bertz CT molecular complexity index is 464. The van der Waals surface area contributed by atoms with E-state index in [-0.39, 0.29) is 0 Å². The van der Waals surface area contributed by atoms with Gasteiger partial charge in [-0.15, -0.1) is 0 Å². The minimum absolute atomic E-state index is 0.532. The zero-order chi connectivity index (χ0) is 13.7. The Morgan fingerprint density at radius 2 is 1.79 bits per heavy atom. The number of fused-ring (bicyclic) bond motifs is 2. The van der Waals surface area contributed by atoms with E-state index in [0.29, 0.717) is 10.8 Å². The largest absolute Gasteiger partial charge is 0.319 e.